The standard InChI is InChI=1S/C17H19/c1-14(2)12-16-8-10-17(11-9-16)13-15-6-4-3-5-7-15/h3-11H,12-13H2,1-2H3. The maximum Gasteiger partial charge on any atom is -0.00258 e. The monoisotopic (exact) mass is 223 g/mol. The summed E-state index contributed by atoms with van der Waals surface area (Å²) in [6.07, 6.45) is 2.11. The molecule has 0 N–H and O–H groups in total. The Kier molecular flexibility index (Phi) is 3.98. The smallest absolute Gasteiger partial charge is 0.00258 e. The number of hydrogen-bond acceptors (Lipinski definition) is 0. The van der Waals surface area contributed by atoms with Gasteiger partial charge >= 0.3 is 0 Å². The molecule has 0 heterocycles. The van der Waals surface area contributed by atoms with Crippen LogP contribution < -0.4 is 0 Å². The molecule has 0 saturated heterocycles. The van der Waals surface area contributed by atoms with Crippen LogP contribution in [0.3, 0.4) is 0 Å². The fraction of sp³-hybridized carbons (Fsp3) is 0.235. The van der Waals surface area contributed by atoms with Crippen molar-refractivity contribution in [1.82, 2.24) is 0 Å². The minimum atomic E-state index is 1.02. The molecular formula is C17H19. The Morgan fingerprint density at radius 2 is 1.24 bits per heavy atom. The van der Waals surface area contributed by atoms with Gasteiger partial charge in [-0.15, -0.1) is 0 Å². The molecule has 2 aromatic carbocycles. The SMILES string of the molecule is C[C](C)Cc1ccc(Cc2ccccc2)cc1. The number of benzene rings is 2. The highest BCUT2D eigenvalue weighted by Crippen LogP contribution is 2.13. The third-order valence-electron chi connectivity index (χ3n) is 2.83. The molecule has 0 aliphatic rings. The van der Waals surface area contributed by atoms with E-state index in [0.29, 0.717) is 0 Å². The van der Waals surface area contributed by atoms with E-state index in [9.17, 15) is 0 Å². The number of hydrogen-bond donors (Lipinski definition) is 0. The summed E-state index contributed by atoms with van der Waals surface area (Å²) in [7, 11) is 0. The highest BCUT2D eigenvalue weighted by molar-refractivity contribution is 5.29. The van der Waals surface area contributed by atoms with Crippen molar-refractivity contribution in [2.24, 2.45) is 0 Å². The zero-order valence-electron chi connectivity index (χ0n) is 10.6. The van der Waals surface area contributed by atoms with Crippen molar-refractivity contribution in [3.63, 3.8) is 0 Å². The summed E-state index contributed by atoms with van der Waals surface area (Å²) >= 11 is 0. The van der Waals surface area contributed by atoms with E-state index in [1.54, 1.807) is 0 Å². The highest BCUT2D eigenvalue weighted by atomic mass is 14.0. The normalized spacial score (nSPS) is 10.8. The topological polar surface area (TPSA) is 0 Å². The van der Waals surface area contributed by atoms with Gasteiger partial charge in [-0.25, -0.2) is 0 Å². The third-order valence-corrected chi connectivity index (χ3v) is 2.83. The van der Waals surface area contributed by atoms with E-state index in [2.05, 4.69) is 68.4 Å². The van der Waals surface area contributed by atoms with Crippen molar-refractivity contribution in [2.75, 3.05) is 0 Å². The Hall–Kier alpha value is -1.56. The average Bonchev–Trinajstić information content (AvgIpc) is 2.32. The van der Waals surface area contributed by atoms with E-state index >= 15 is 0 Å². The summed E-state index contributed by atoms with van der Waals surface area (Å²) in [5, 5.41) is 0. The first-order valence-corrected chi connectivity index (χ1v) is 6.15. The largest absolute Gasteiger partial charge is 0.0622 e. The Balaban J connectivity index is 2.03. The lowest BCUT2D eigenvalue weighted by Gasteiger charge is -2.06. The van der Waals surface area contributed by atoms with Crippen LogP contribution in [-0.4, -0.2) is 0 Å². The van der Waals surface area contributed by atoms with Gasteiger partial charge in [0.25, 0.3) is 0 Å². The fourth-order valence-corrected chi connectivity index (χ4v) is 2.01. The van der Waals surface area contributed by atoms with Crippen molar-refractivity contribution < 1.29 is 0 Å². The molecule has 0 amide bonds. The second-order valence-electron chi connectivity index (χ2n) is 4.86. The van der Waals surface area contributed by atoms with E-state index in [1.165, 1.54) is 22.6 Å². The molecule has 0 aliphatic carbocycles. The van der Waals surface area contributed by atoms with Crippen LogP contribution in [0.5, 0.6) is 0 Å². The summed E-state index contributed by atoms with van der Waals surface area (Å²) in [4.78, 5) is 0. The molecule has 0 atom stereocenters. The molecule has 0 unspecified atom stereocenters. The maximum atomic E-state index is 2.24. The predicted molar refractivity (Wildman–Crippen MR) is 74.0 cm³/mol. The van der Waals surface area contributed by atoms with Crippen LogP contribution in [0.2, 0.25) is 0 Å². The molecule has 0 heteroatoms. The second kappa shape index (κ2) is 5.67. The van der Waals surface area contributed by atoms with E-state index in [4.69, 9.17) is 0 Å². The Morgan fingerprint density at radius 3 is 1.82 bits per heavy atom. The molecule has 2 rings (SSSR count). The quantitative estimate of drug-likeness (QED) is 0.719. The van der Waals surface area contributed by atoms with Gasteiger partial charge in [0.2, 0.25) is 0 Å². The summed E-state index contributed by atoms with van der Waals surface area (Å²) in [6, 6.07) is 19.6. The van der Waals surface area contributed by atoms with Gasteiger partial charge in [-0.1, -0.05) is 68.4 Å². The first-order valence-electron chi connectivity index (χ1n) is 6.15. The van der Waals surface area contributed by atoms with Crippen molar-refractivity contribution in [2.45, 2.75) is 26.7 Å². The van der Waals surface area contributed by atoms with Crippen molar-refractivity contribution in [3.8, 4) is 0 Å². The zero-order chi connectivity index (χ0) is 12.1. The van der Waals surface area contributed by atoms with Gasteiger partial charge in [0.15, 0.2) is 0 Å². The van der Waals surface area contributed by atoms with Gasteiger partial charge in [-0.3, -0.25) is 0 Å². The second-order valence-corrected chi connectivity index (χ2v) is 4.86. The lowest BCUT2D eigenvalue weighted by atomic mass is 9.99. The molecule has 0 spiro atoms. The molecule has 0 aromatic heterocycles. The Labute approximate surface area is 104 Å². The molecule has 0 nitrogen and oxygen atoms in total. The van der Waals surface area contributed by atoms with Gasteiger partial charge in [0.1, 0.15) is 0 Å². The van der Waals surface area contributed by atoms with Crippen molar-refractivity contribution in [1.29, 1.82) is 0 Å². The maximum absolute atomic E-state index is 2.24. The predicted octanol–water partition coefficient (Wildman–Crippen LogP) is 4.43. The van der Waals surface area contributed by atoms with Crippen molar-refractivity contribution in [3.05, 3.63) is 77.2 Å². The summed E-state index contributed by atoms with van der Waals surface area (Å²) in [5.41, 5.74) is 4.16. The van der Waals surface area contributed by atoms with E-state index in [-0.39, 0.29) is 0 Å². The van der Waals surface area contributed by atoms with Gasteiger partial charge in [-0.2, -0.15) is 0 Å². The van der Waals surface area contributed by atoms with Gasteiger partial charge < -0.3 is 0 Å². The summed E-state index contributed by atoms with van der Waals surface area (Å²) in [6.45, 7) is 4.36. The van der Waals surface area contributed by atoms with Gasteiger partial charge in [-0.05, 0) is 35.4 Å². The van der Waals surface area contributed by atoms with Crippen LogP contribution in [0.4, 0.5) is 0 Å². The van der Waals surface area contributed by atoms with Gasteiger partial charge in [0.05, 0.1) is 0 Å². The minimum Gasteiger partial charge on any atom is -0.0622 e. The van der Waals surface area contributed by atoms with Crippen molar-refractivity contribution >= 4 is 0 Å². The molecule has 1 radical (unpaired) electrons. The molecule has 17 heavy (non-hydrogen) atoms. The van der Waals surface area contributed by atoms with Crippen LogP contribution in [0.1, 0.15) is 30.5 Å². The number of rotatable bonds is 4. The van der Waals surface area contributed by atoms with Crippen LogP contribution in [0, 0.1) is 5.92 Å². The lowest BCUT2D eigenvalue weighted by molar-refractivity contribution is 0.955. The molecule has 0 saturated carbocycles. The van der Waals surface area contributed by atoms with Crippen LogP contribution in [0.25, 0.3) is 0 Å². The molecular weight excluding hydrogens is 204 g/mol. The van der Waals surface area contributed by atoms with E-state index in [0.717, 1.165) is 12.8 Å². The minimum absolute atomic E-state index is 1.02. The highest BCUT2D eigenvalue weighted by Gasteiger charge is 1.99. The van der Waals surface area contributed by atoms with E-state index in [1.807, 2.05) is 0 Å². The summed E-state index contributed by atoms with van der Waals surface area (Å²) in [5.74, 6) is 1.46. The summed E-state index contributed by atoms with van der Waals surface area (Å²) < 4.78 is 0. The average molecular weight is 223 g/mol. The Bertz CT molecular complexity index is 437. The first kappa shape index (κ1) is 11.9. The van der Waals surface area contributed by atoms with E-state index < -0.39 is 0 Å². The zero-order valence-corrected chi connectivity index (χ0v) is 10.6. The molecule has 0 bridgehead atoms. The van der Waals surface area contributed by atoms with Crippen LogP contribution >= 0.6 is 0 Å². The molecule has 0 aliphatic heterocycles. The molecule has 2 aromatic rings. The lowest BCUT2D eigenvalue weighted by Crippen LogP contribution is -1.93. The molecule has 87 valence electrons. The fourth-order valence-electron chi connectivity index (χ4n) is 2.01. The van der Waals surface area contributed by atoms with Gasteiger partial charge in [0, 0.05) is 0 Å². The van der Waals surface area contributed by atoms with Crippen LogP contribution in [0.15, 0.2) is 54.6 Å². The third kappa shape index (κ3) is 3.74. The molecule has 0 fully saturated rings. The Morgan fingerprint density at radius 1 is 0.706 bits per heavy atom. The first-order chi connectivity index (χ1) is 8.24. The van der Waals surface area contributed by atoms with Crippen LogP contribution in [-0.2, 0) is 12.8 Å².